The van der Waals surface area contributed by atoms with Gasteiger partial charge in [-0.1, -0.05) is 12.1 Å². The second kappa shape index (κ2) is 7.10. The van der Waals surface area contributed by atoms with Gasteiger partial charge in [-0.3, -0.25) is 4.79 Å². The summed E-state index contributed by atoms with van der Waals surface area (Å²) in [4.78, 5) is 11.8. The van der Waals surface area contributed by atoms with Crippen molar-refractivity contribution in [3.63, 3.8) is 0 Å². The minimum Gasteiger partial charge on any atom is -0.508 e. The number of phenolic OH excluding ortho intramolecular Hbond substituents is 1. The molecule has 0 aromatic heterocycles. The van der Waals surface area contributed by atoms with E-state index in [1.54, 1.807) is 24.3 Å². The molecule has 1 fully saturated rings. The van der Waals surface area contributed by atoms with Gasteiger partial charge in [0.25, 0.3) is 0 Å². The lowest BCUT2D eigenvalue weighted by Crippen LogP contribution is -2.33. The zero-order chi connectivity index (χ0) is 14.4. The van der Waals surface area contributed by atoms with Gasteiger partial charge in [-0.15, -0.1) is 0 Å². The van der Waals surface area contributed by atoms with Crippen LogP contribution in [0.5, 0.6) is 5.75 Å². The van der Waals surface area contributed by atoms with E-state index < -0.39 is 0 Å². The first-order valence-electron chi connectivity index (χ1n) is 7.02. The van der Waals surface area contributed by atoms with Crippen LogP contribution in [0.3, 0.4) is 0 Å². The Morgan fingerprint density at radius 1 is 1.60 bits per heavy atom. The second-order valence-corrected chi connectivity index (χ2v) is 5.21. The molecule has 0 spiro atoms. The molecular formula is C16H21NO3. The normalized spacial score (nSPS) is 20.1. The summed E-state index contributed by atoms with van der Waals surface area (Å²) < 4.78 is 5.55. The van der Waals surface area contributed by atoms with Crippen molar-refractivity contribution in [2.75, 3.05) is 6.61 Å². The highest BCUT2D eigenvalue weighted by atomic mass is 16.5. The van der Waals surface area contributed by atoms with Gasteiger partial charge in [0.2, 0.25) is 5.91 Å². The lowest BCUT2D eigenvalue weighted by molar-refractivity contribution is -0.117. The van der Waals surface area contributed by atoms with E-state index in [1.807, 2.05) is 13.0 Å². The quantitative estimate of drug-likeness (QED) is 0.812. The van der Waals surface area contributed by atoms with Crippen molar-refractivity contribution < 1.29 is 14.6 Å². The van der Waals surface area contributed by atoms with Crippen LogP contribution in [0.25, 0.3) is 6.08 Å². The summed E-state index contributed by atoms with van der Waals surface area (Å²) in [5.41, 5.74) is 0.798. The zero-order valence-corrected chi connectivity index (χ0v) is 11.7. The number of nitrogens with one attached hydrogen (secondary N) is 1. The molecule has 4 heteroatoms. The number of benzene rings is 1. The molecule has 2 rings (SSSR count). The van der Waals surface area contributed by atoms with Gasteiger partial charge in [-0.2, -0.15) is 0 Å². The van der Waals surface area contributed by atoms with E-state index in [4.69, 9.17) is 4.74 Å². The van der Waals surface area contributed by atoms with Crippen LogP contribution in [0.15, 0.2) is 30.3 Å². The van der Waals surface area contributed by atoms with Crippen molar-refractivity contribution in [2.24, 2.45) is 0 Å². The number of amides is 1. The van der Waals surface area contributed by atoms with Crippen LogP contribution >= 0.6 is 0 Å². The topological polar surface area (TPSA) is 58.6 Å². The highest BCUT2D eigenvalue weighted by molar-refractivity contribution is 5.91. The average molecular weight is 275 g/mol. The maximum atomic E-state index is 11.8. The first-order valence-corrected chi connectivity index (χ1v) is 7.02. The largest absolute Gasteiger partial charge is 0.508 e. The fraction of sp³-hybridized carbons (Fsp3) is 0.438. The maximum Gasteiger partial charge on any atom is 0.244 e. The van der Waals surface area contributed by atoms with Crippen molar-refractivity contribution in [2.45, 2.75) is 38.3 Å². The molecule has 2 N–H and O–H groups in total. The van der Waals surface area contributed by atoms with E-state index in [1.165, 1.54) is 6.08 Å². The van der Waals surface area contributed by atoms with Gasteiger partial charge < -0.3 is 15.2 Å². The average Bonchev–Trinajstić information content (AvgIpc) is 2.89. The predicted octanol–water partition coefficient (Wildman–Crippen LogP) is 2.48. The number of rotatable bonds is 5. The molecular weight excluding hydrogens is 254 g/mol. The smallest absolute Gasteiger partial charge is 0.244 e. The minimum absolute atomic E-state index is 0.0967. The number of aromatic hydroxyl groups is 1. The Morgan fingerprint density at radius 2 is 2.45 bits per heavy atom. The molecule has 1 heterocycles. The number of carbonyl (C=O) groups excluding carboxylic acids is 1. The van der Waals surface area contributed by atoms with Crippen LogP contribution in [0.2, 0.25) is 0 Å². The van der Waals surface area contributed by atoms with Gasteiger partial charge in [0.15, 0.2) is 0 Å². The molecule has 1 aromatic rings. The monoisotopic (exact) mass is 275 g/mol. The molecule has 0 aliphatic carbocycles. The summed E-state index contributed by atoms with van der Waals surface area (Å²) in [6.45, 7) is 2.82. The number of hydrogen-bond acceptors (Lipinski definition) is 3. The Bertz CT molecular complexity index is 478. The van der Waals surface area contributed by atoms with E-state index >= 15 is 0 Å². The third-order valence-corrected chi connectivity index (χ3v) is 3.33. The van der Waals surface area contributed by atoms with Gasteiger partial charge in [-0.05, 0) is 50.0 Å². The molecule has 0 unspecified atom stereocenters. The zero-order valence-electron chi connectivity index (χ0n) is 11.7. The van der Waals surface area contributed by atoms with Crippen molar-refractivity contribution in [1.82, 2.24) is 5.32 Å². The fourth-order valence-electron chi connectivity index (χ4n) is 2.37. The van der Waals surface area contributed by atoms with Crippen molar-refractivity contribution >= 4 is 12.0 Å². The molecule has 108 valence electrons. The van der Waals surface area contributed by atoms with Gasteiger partial charge in [0.1, 0.15) is 5.75 Å². The number of phenols is 1. The van der Waals surface area contributed by atoms with E-state index in [9.17, 15) is 9.90 Å². The molecule has 1 aromatic carbocycles. The maximum absolute atomic E-state index is 11.8. The lowest BCUT2D eigenvalue weighted by Gasteiger charge is -2.16. The number of ether oxygens (including phenoxy) is 1. The summed E-state index contributed by atoms with van der Waals surface area (Å²) >= 11 is 0. The Hall–Kier alpha value is -1.81. The third kappa shape index (κ3) is 4.70. The molecule has 20 heavy (non-hydrogen) atoms. The predicted molar refractivity (Wildman–Crippen MR) is 78.3 cm³/mol. The Kier molecular flexibility index (Phi) is 5.18. The summed E-state index contributed by atoms with van der Waals surface area (Å²) in [6, 6.07) is 6.88. The number of carbonyl (C=O) groups is 1. The van der Waals surface area contributed by atoms with E-state index in [-0.39, 0.29) is 23.8 Å². The molecule has 1 amide bonds. The molecule has 0 bridgehead atoms. The first kappa shape index (κ1) is 14.6. The Morgan fingerprint density at radius 3 is 3.15 bits per heavy atom. The van der Waals surface area contributed by atoms with Gasteiger partial charge >= 0.3 is 0 Å². The third-order valence-electron chi connectivity index (χ3n) is 3.33. The van der Waals surface area contributed by atoms with E-state index in [2.05, 4.69) is 5.32 Å². The van der Waals surface area contributed by atoms with Crippen molar-refractivity contribution in [1.29, 1.82) is 0 Å². The summed E-state index contributed by atoms with van der Waals surface area (Å²) in [5, 5.41) is 12.3. The second-order valence-electron chi connectivity index (χ2n) is 5.21. The summed E-state index contributed by atoms with van der Waals surface area (Å²) in [6.07, 6.45) is 6.50. The summed E-state index contributed by atoms with van der Waals surface area (Å²) in [7, 11) is 0. The van der Waals surface area contributed by atoms with E-state index in [0.29, 0.717) is 0 Å². The molecule has 1 aliphatic rings. The molecule has 2 atom stereocenters. The summed E-state index contributed by atoms with van der Waals surface area (Å²) in [5.74, 6) is 0.0677. The lowest BCUT2D eigenvalue weighted by atomic mass is 10.1. The van der Waals surface area contributed by atoms with Crippen LogP contribution in [0.1, 0.15) is 31.7 Å². The Labute approximate surface area is 119 Å². The molecule has 0 saturated carbocycles. The molecule has 4 nitrogen and oxygen atoms in total. The van der Waals surface area contributed by atoms with Crippen LogP contribution in [-0.4, -0.2) is 29.8 Å². The standard InChI is InChI=1S/C16H21NO3/c1-12(10-15-6-3-9-20-15)17-16(19)8-7-13-4-2-5-14(18)11-13/h2,4-5,7-8,11-12,15,18H,3,6,9-10H2,1H3,(H,17,19)/b8-7+/t12-,15+/m1/s1. The molecule has 1 aliphatic heterocycles. The van der Waals surface area contributed by atoms with Gasteiger partial charge in [-0.25, -0.2) is 0 Å². The van der Waals surface area contributed by atoms with Gasteiger partial charge in [0, 0.05) is 18.7 Å². The van der Waals surface area contributed by atoms with Gasteiger partial charge in [0.05, 0.1) is 6.10 Å². The first-order chi connectivity index (χ1) is 9.63. The molecule has 1 saturated heterocycles. The Balaban J connectivity index is 1.79. The fourth-order valence-corrected chi connectivity index (χ4v) is 2.37. The van der Waals surface area contributed by atoms with Crippen LogP contribution < -0.4 is 5.32 Å². The SMILES string of the molecule is C[C@H](C[C@@H]1CCCO1)NC(=O)/C=C/c1cccc(O)c1. The highest BCUT2D eigenvalue weighted by Crippen LogP contribution is 2.17. The van der Waals surface area contributed by atoms with E-state index in [0.717, 1.165) is 31.4 Å². The minimum atomic E-state index is -0.126. The van der Waals surface area contributed by atoms with Crippen molar-refractivity contribution in [3.8, 4) is 5.75 Å². The van der Waals surface area contributed by atoms with Crippen LogP contribution in [-0.2, 0) is 9.53 Å². The van der Waals surface area contributed by atoms with Crippen molar-refractivity contribution in [3.05, 3.63) is 35.9 Å². The molecule has 0 radical (unpaired) electrons. The van der Waals surface area contributed by atoms with Crippen LogP contribution in [0, 0.1) is 0 Å². The number of hydrogen-bond donors (Lipinski definition) is 2. The highest BCUT2D eigenvalue weighted by Gasteiger charge is 2.18. The van der Waals surface area contributed by atoms with Crippen LogP contribution in [0.4, 0.5) is 0 Å².